The van der Waals surface area contributed by atoms with Crippen molar-refractivity contribution in [3.8, 4) is 5.75 Å². The predicted molar refractivity (Wildman–Crippen MR) is 110 cm³/mol. The number of fused-ring (bicyclic) bond motifs is 2. The van der Waals surface area contributed by atoms with Crippen molar-refractivity contribution in [1.82, 2.24) is 0 Å². The van der Waals surface area contributed by atoms with E-state index in [2.05, 4.69) is 36.7 Å². The smallest absolute Gasteiger partial charge is 0.351 e. The van der Waals surface area contributed by atoms with Crippen LogP contribution in [0, 0.1) is 16.2 Å². The Morgan fingerprint density at radius 1 is 1.21 bits per heavy atom. The third kappa shape index (κ3) is 2.49. The van der Waals surface area contributed by atoms with Crippen LogP contribution in [-0.2, 0) is 9.53 Å². The molecule has 3 aliphatic carbocycles. The minimum atomic E-state index is -0.787. The number of alkyl halides is 1. The zero-order valence-corrected chi connectivity index (χ0v) is 18.4. The van der Waals surface area contributed by atoms with Gasteiger partial charge in [0.05, 0.1) is 12.0 Å². The summed E-state index contributed by atoms with van der Waals surface area (Å²) in [6.45, 7) is 8.27. The zero-order chi connectivity index (χ0) is 21.2. The van der Waals surface area contributed by atoms with Crippen LogP contribution in [-0.4, -0.2) is 23.4 Å². The average Bonchev–Trinajstić information content (AvgIpc) is 3.08. The molecule has 5 rings (SSSR count). The molecule has 6 nitrogen and oxygen atoms in total. The molecule has 3 unspecified atom stereocenters. The van der Waals surface area contributed by atoms with Crippen molar-refractivity contribution in [2.24, 2.45) is 16.2 Å². The zero-order valence-electron chi connectivity index (χ0n) is 16.8. The Morgan fingerprint density at radius 3 is 2.52 bits per heavy atom. The number of carbonyl (C=O) groups excluding carboxylic acids is 2. The first-order valence-electron chi connectivity index (χ1n) is 9.70. The van der Waals surface area contributed by atoms with Gasteiger partial charge in [0.2, 0.25) is 0 Å². The van der Waals surface area contributed by atoms with Crippen molar-refractivity contribution < 1.29 is 23.5 Å². The van der Waals surface area contributed by atoms with Gasteiger partial charge >= 0.3 is 17.6 Å². The number of rotatable bonds is 4. The monoisotopic (exact) mass is 462 g/mol. The van der Waals surface area contributed by atoms with E-state index in [1.54, 1.807) is 19.1 Å². The number of halogens is 1. The Morgan fingerprint density at radius 2 is 1.93 bits per heavy atom. The molecule has 3 atom stereocenters. The summed E-state index contributed by atoms with van der Waals surface area (Å²) in [4.78, 5) is 37.2. The van der Waals surface area contributed by atoms with E-state index >= 15 is 0 Å². The summed E-state index contributed by atoms with van der Waals surface area (Å²) in [5, 5.41) is 0.543. The summed E-state index contributed by atoms with van der Waals surface area (Å²) in [6.07, 6.45) is 1.74. The molecule has 0 aliphatic heterocycles. The largest absolute Gasteiger partial charge is 0.462 e. The molecule has 29 heavy (non-hydrogen) atoms. The first-order valence-corrected chi connectivity index (χ1v) is 10.6. The Bertz CT molecular complexity index is 1090. The number of hydrogen-bond acceptors (Lipinski definition) is 6. The summed E-state index contributed by atoms with van der Waals surface area (Å²) in [5.74, 6) is -0.693. The average molecular weight is 463 g/mol. The standard InChI is InChI=1S/C22H23BrO6/c1-5-27-16(24)14-10-12-6-7-13(11-15(12)29-17(14)25)28-19(26)22-9-8-21(4,18(22)23)20(22,2)3/h6-7,10-11,18H,5,8-9H2,1-4H3. The van der Waals surface area contributed by atoms with Gasteiger partial charge in [0.15, 0.2) is 0 Å². The molecule has 2 bridgehead atoms. The maximum atomic E-state index is 13.2. The Labute approximate surface area is 176 Å². The number of esters is 2. The predicted octanol–water partition coefficient (Wildman–Crippen LogP) is 4.46. The van der Waals surface area contributed by atoms with Gasteiger partial charge in [0, 0.05) is 16.3 Å². The number of ether oxygens (including phenoxy) is 2. The number of carbonyl (C=O) groups is 2. The number of benzene rings is 1. The van der Waals surface area contributed by atoms with E-state index in [9.17, 15) is 14.4 Å². The van der Waals surface area contributed by atoms with Gasteiger partial charge in [0.1, 0.15) is 16.9 Å². The lowest BCUT2D eigenvalue weighted by molar-refractivity contribution is -0.176. The molecule has 3 aliphatic rings. The van der Waals surface area contributed by atoms with E-state index in [1.165, 1.54) is 12.1 Å². The molecule has 3 saturated carbocycles. The molecule has 0 radical (unpaired) electrons. The lowest BCUT2D eigenvalue weighted by atomic mass is 9.43. The topological polar surface area (TPSA) is 82.8 Å². The molecule has 0 spiro atoms. The molecule has 1 heterocycles. The summed E-state index contributed by atoms with van der Waals surface area (Å²) in [5.41, 5.74) is -1.40. The highest BCUT2D eigenvalue weighted by Crippen LogP contribution is 2.80. The van der Waals surface area contributed by atoms with Gasteiger partial charge in [-0.2, -0.15) is 0 Å². The quantitative estimate of drug-likeness (QED) is 0.288. The third-order valence-corrected chi connectivity index (χ3v) is 9.14. The van der Waals surface area contributed by atoms with E-state index in [0.29, 0.717) is 11.1 Å². The van der Waals surface area contributed by atoms with Crippen molar-refractivity contribution in [2.75, 3.05) is 6.61 Å². The first kappa shape index (κ1) is 20.1. The van der Waals surface area contributed by atoms with Gasteiger partial charge < -0.3 is 13.9 Å². The molecule has 7 heteroatoms. The Hall–Kier alpha value is -2.15. The van der Waals surface area contributed by atoms with E-state index in [0.717, 1.165) is 12.8 Å². The van der Waals surface area contributed by atoms with E-state index in [-0.39, 0.29) is 39.4 Å². The fourth-order valence-corrected chi connectivity index (χ4v) is 6.90. The molecular formula is C22H23BrO6. The third-order valence-electron chi connectivity index (χ3n) is 7.35. The molecular weight excluding hydrogens is 440 g/mol. The van der Waals surface area contributed by atoms with Gasteiger partial charge in [-0.15, -0.1) is 0 Å². The first-order chi connectivity index (χ1) is 13.6. The molecule has 0 amide bonds. The van der Waals surface area contributed by atoms with Crippen LogP contribution >= 0.6 is 15.9 Å². The maximum Gasteiger partial charge on any atom is 0.351 e. The second-order valence-electron chi connectivity index (χ2n) is 8.63. The lowest BCUT2D eigenvalue weighted by Gasteiger charge is -2.63. The highest BCUT2D eigenvalue weighted by atomic mass is 79.9. The van der Waals surface area contributed by atoms with Gasteiger partial charge in [-0.25, -0.2) is 9.59 Å². The minimum absolute atomic E-state index is 0.0612. The normalized spacial score (nSPS) is 29.3. The van der Waals surface area contributed by atoms with Crippen molar-refractivity contribution in [3.63, 3.8) is 0 Å². The molecule has 1 aromatic carbocycles. The highest BCUT2D eigenvalue weighted by molar-refractivity contribution is 9.09. The molecule has 154 valence electrons. The van der Waals surface area contributed by atoms with Crippen LogP contribution < -0.4 is 10.4 Å². The van der Waals surface area contributed by atoms with Gasteiger partial charge in [-0.1, -0.05) is 36.7 Å². The van der Waals surface area contributed by atoms with Crippen LogP contribution in [0.3, 0.4) is 0 Å². The van der Waals surface area contributed by atoms with E-state index in [4.69, 9.17) is 13.9 Å². The van der Waals surface area contributed by atoms with E-state index in [1.807, 2.05) is 0 Å². The second kappa shape index (κ2) is 6.42. The Balaban J connectivity index is 1.63. The van der Waals surface area contributed by atoms with Crippen molar-refractivity contribution >= 4 is 38.8 Å². The fourth-order valence-electron chi connectivity index (χ4n) is 5.11. The van der Waals surface area contributed by atoms with Crippen molar-refractivity contribution in [2.45, 2.75) is 45.4 Å². The second-order valence-corrected chi connectivity index (χ2v) is 9.55. The van der Waals surface area contributed by atoms with Crippen LogP contribution in [0.5, 0.6) is 5.75 Å². The van der Waals surface area contributed by atoms with Crippen molar-refractivity contribution in [3.05, 3.63) is 40.2 Å². The summed E-state index contributed by atoms with van der Waals surface area (Å²) in [7, 11) is 0. The molecule has 2 aromatic rings. The van der Waals surface area contributed by atoms with Crippen LogP contribution in [0.2, 0.25) is 0 Å². The van der Waals surface area contributed by atoms with Gasteiger partial charge in [0.25, 0.3) is 0 Å². The SMILES string of the molecule is CCOC(=O)c1cc2ccc(OC(=O)C34CCC(C)(C3Br)C4(C)C)cc2oc1=O. The minimum Gasteiger partial charge on any atom is -0.462 e. The Kier molecular flexibility index (Phi) is 4.46. The summed E-state index contributed by atoms with van der Waals surface area (Å²) in [6, 6.07) is 6.21. The molecule has 0 saturated heterocycles. The van der Waals surface area contributed by atoms with Crippen molar-refractivity contribution in [1.29, 1.82) is 0 Å². The van der Waals surface area contributed by atoms with Crippen LogP contribution in [0.25, 0.3) is 11.0 Å². The maximum absolute atomic E-state index is 13.2. The van der Waals surface area contributed by atoms with Gasteiger partial charge in [-0.3, -0.25) is 4.79 Å². The van der Waals surface area contributed by atoms with Gasteiger partial charge in [-0.05, 0) is 48.8 Å². The summed E-state index contributed by atoms with van der Waals surface area (Å²) >= 11 is 3.74. The fraction of sp³-hybridized carbons (Fsp3) is 0.500. The summed E-state index contributed by atoms with van der Waals surface area (Å²) < 4.78 is 15.9. The highest BCUT2D eigenvalue weighted by Gasteiger charge is 2.80. The molecule has 1 aromatic heterocycles. The lowest BCUT2D eigenvalue weighted by Crippen LogP contribution is -2.68. The van der Waals surface area contributed by atoms with Crippen LogP contribution in [0.15, 0.2) is 33.5 Å². The molecule has 3 fully saturated rings. The van der Waals surface area contributed by atoms with Crippen LogP contribution in [0.4, 0.5) is 0 Å². The molecule has 0 N–H and O–H groups in total. The number of hydrogen-bond donors (Lipinski definition) is 0. The van der Waals surface area contributed by atoms with Crippen LogP contribution in [0.1, 0.15) is 50.9 Å². The van der Waals surface area contributed by atoms with E-state index < -0.39 is 17.0 Å².